The summed E-state index contributed by atoms with van der Waals surface area (Å²) in [5.41, 5.74) is 2.80. The predicted octanol–water partition coefficient (Wildman–Crippen LogP) is 6.67. The minimum atomic E-state index is -0.0127. The highest BCUT2D eigenvalue weighted by atomic mass is 35.5. The second kappa shape index (κ2) is 11.7. The highest BCUT2D eigenvalue weighted by Gasteiger charge is 2.22. The Kier molecular flexibility index (Phi) is 7.73. The number of hydrogen-bond acceptors (Lipinski definition) is 8. The molecule has 0 amide bonds. The summed E-state index contributed by atoms with van der Waals surface area (Å²) in [6.45, 7) is 5.01. The topological polar surface area (TPSA) is 92.8 Å². The third kappa shape index (κ3) is 5.62. The first kappa shape index (κ1) is 25.8. The SMILES string of the molecule is N#Cc1cnc2cc(OCCN3CCCCC3)cc(OC3CCOCC3)c2c1Nc1c(Cl)ccc2ccoc12. The van der Waals surface area contributed by atoms with Gasteiger partial charge in [0.1, 0.15) is 36.0 Å². The van der Waals surface area contributed by atoms with E-state index in [2.05, 4.69) is 21.3 Å². The van der Waals surface area contributed by atoms with Crippen LogP contribution in [0.2, 0.25) is 5.02 Å². The maximum atomic E-state index is 10.0. The standard InChI is InChI=1S/C30H31ClN4O4/c31-24-5-4-20-6-14-38-30(20)29(24)34-28-21(18-32)19-33-25-16-23(37-15-11-35-9-2-1-3-10-35)17-26(27(25)28)39-22-7-12-36-13-8-22/h4-6,14,16-17,19,22H,1-3,7-13,15H2,(H,33,34). The van der Waals surface area contributed by atoms with Crippen LogP contribution in [0.3, 0.4) is 0 Å². The fraction of sp³-hybridized carbons (Fsp3) is 0.400. The molecule has 2 aromatic heterocycles. The fourth-order valence-electron chi connectivity index (χ4n) is 5.35. The number of nitrogens with zero attached hydrogens (tertiary/aromatic N) is 3. The van der Waals surface area contributed by atoms with Crippen LogP contribution in [-0.4, -0.2) is 55.4 Å². The number of halogens is 1. The van der Waals surface area contributed by atoms with Crippen molar-refractivity contribution in [2.24, 2.45) is 0 Å². The zero-order chi connectivity index (χ0) is 26.6. The van der Waals surface area contributed by atoms with Crippen molar-refractivity contribution >= 4 is 44.8 Å². The molecule has 2 aromatic carbocycles. The lowest BCUT2D eigenvalue weighted by molar-refractivity contribution is 0.0261. The number of pyridine rings is 1. The molecular formula is C30H31ClN4O4. The number of nitrogens with one attached hydrogen (secondary N) is 1. The van der Waals surface area contributed by atoms with E-state index in [0.29, 0.717) is 69.8 Å². The van der Waals surface area contributed by atoms with E-state index < -0.39 is 0 Å². The van der Waals surface area contributed by atoms with Gasteiger partial charge in [-0.1, -0.05) is 18.0 Å². The summed E-state index contributed by atoms with van der Waals surface area (Å²) in [4.78, 5) is 7.07. The van der Waals surface area contributed by atoms with E-state index >= 15 is 0 Å². The van der Waals surface area contributed by atoms with Gasteiger partial charge in [-0.05, 0) is 44.1 Å². The zero-order valence-corrected chi connectivity index (χ0v) is 22.5. The Morgan fingerprint density at radius 3 is 2.77 bits per heavy atom. The first-order chi connectivity index (χ1) is 19.2. The third-order valence-corrected chi connectivity index (χ3v) is 7.75. The summed E-state index contributed by atoms with van der Waals surface area (Å²) < 4.78 is 24.1. The summed E-state index contributed by atoms with van der Waals surface area (Å²) in [5.74, 6) is 1.30. The van der Waals surface area contributed by atoms with Crippen LogP contribution >= 0.6 is 11.6 Å². The number of hydrogen-bond donors (Lipinski definition) is 1. The number of furan rings is 1. The Hall–Kier alpha value is -3.51. The first-order valence-corrected chi connectivity index (χ1v) is 14.0. The Morgan fingerprint density at radius 2 is 1.95 bits per heavy atom. The van der Waals surface area contributed by atoms with Gasteiger partial charge in [0.05, 0.1) is 46.7 Å². The van der Waals surface area contributed by atoms with E-state index in [1.807, 2.05) is 30.3 Å². The molecule has 4 heterocycles. The second-order valence-corrected chi connectivity index (χ2v) is 10.4. The van der Waals surface area contributed by atoms with Gasteiger partial charge >= 0.3 is 0 Å². The Labute approximate surface area is 232 Å². The normalized spacial score (nSPS) is 16.8. The average molecular weight is 547 g/mol. The number of aromatic nitrogens is 1. The predicted molar refractivity (Wildman–Crippen MR) is 151 cm³/mol. The average Bonchev–Trinajstić information content (AvgIpc) is 3.45. The van der Waals surface area contributed by atoms with E-state index in [1.165, 1.54) is 19.3 Å². The quantitative estimate of drug-likeness (QED) is 0.262. The molecular weight excluding hydrogens is 516 g/mol. The van der Waals surface area contributed by atoms with Crippen molar-refractivity contribution in [2.45, 2.75) is 38.2 Å². The number of benzene rings is 2. The van der Waals surface area contributed by atoms with Gasteiger partial charge < -0.3 is 23.9 Å². The van der Waals surface area contributed by atoms with Crippen LogP contribution in [0.15, 0.2) is 47.2 Å². The van der Waals surface area contributed by atoms with Crippen molar-refractivity contribution in [1.29, 1.82) is 5.26 Å². The van der Waals surface area contributed by atoms with Crippen molar-refractivity contribution < 1.29 is 18.6 Å². The van der Waals surface area contributed by atoms with Crippen molar-refractivity contribution in [3.05, 3.63) is 53.4 Å². The maximum Gasteiger partial charge on any atom is 0.158 e. The van der Waals surface area contributed by atoms with Gasteiger partial charge in [-0.15, -0.1) is 0 Å². The van der Waals surface area contributed by atoms with Crippen LogP contribution in [0.5, 0.6) is 11.5 Å². The summed E-state index contributed by atoms with van der Waals surface area (Å²) in [7, 11) is 0. The molecule has 0 spiro atoms. The smallest absolute Gasteiger partial charge is 0.158 e. The molecule has 2 saturated heterocycles. The van der Waals surface area contributed by atoms with Gasteiger partial charge in [0, 0.05) is 43.1 Å². The highest BCUT2D eigenvalue weighted by Crippen LogP contribution is 2.42. The minimum Gasteiger partial charge on any atom is -0.492 e. The van der Waals surface area contributed by atoms with Gasteiger partial charge in [-0.2, -0.15) is 5.26 Å². The van der Waals surface area contributed by atoms with E-state index in [4.69, 9.17) is 30.2 Å². The number of ether oxygens (including phenoxy) is 3. The summed E-state index contributed by atoms with van der Waals surface area (Å²) >= 11 is 6.61. The summed E-state index contributed by atoms with van der Waals surface area (Å²) in [6.07, 6.45) is 8.54. The molecule has 0 aliphatic carbocycles. The Morgan fingerprint density at radius 1 is 1.10 bits per heavy atom. The molecule has 0 unspecified atom stereocenters. The molecule has 6 rings (SSSR count). The van der Waals surface area contributed by atoms with Crippen LogP contribution in [0, 0.1) is 11.3 Å². The second-order valence-electron chi connectivity index (χ2n) is 10.0. The van der Waals surface area contributed by atoms with Crippen LogP contribution < -0.4 is 14.8 Å². The molecule has 2 aliphatic heterocycles. The molecule has 0 saturated carbocycles. The summed E-state index contributed by atoms with van der Waals surface area (Å²) in [5, 5.41) is 15.5. The minimum absolute atomic E-state index is 0.0127. The lowest BCUT2D eigenvalue weighted by atomic mass is 10.1. The summed E-state index contributed by atoms with van der Waals surface area (Å²) in [6, 6.07) is 11.7. The van der Waals surface area contributed by atoms with Crippen LogP contribution in [0.4, 0.5) is 11.4 Å². The molecule has 2 fully saturated rings. The molecule has 0 radical (unpaired) electrons. The van der Waals surface area contributed by atoms with Gasteiger partial charge in [0.2, 0.25) is 0 Å². The number of anilines is 2. The largest absolute Gasteiger partial charge is 0.492 e. The third-order valence-electron chi connectivity index (χ3n) is 7.44. The molecule has 0 bridgehead atoms. The molecule has 4 aromatic rings. The molecule has 1 N–H and O–H groups in total. The van der Waals surface area contributed by atoms with E-state index in [-0.39, 0.29) is 6.10 Å². The monoisotopic (exact) mass is 546 g/mol. The number of nitriles is 1. The molecule has 39 heavy (non-hydrogen) atoms. The number of likely N-dealkylation sites (tertiary alicyclic amines) is 1. The molecule has 8 nitrogen and oxygen atoms in total. The van der Waals surface area contributed by atoms with Crippen molar-refractivity contribution in [3.63, 3.8) is 0 Å². The van der Waals surface area contributed by atoms with Crippen LogP contribution in [0.25, 0.3) is 21.9 Å². The lowest BCUT2D eigenvalue weighted by Crippen LogP contribution is -2.33. The van der Waals surface area contributed by atoms with Crippen LogP contribution in [0.1, 0.15) is 37.7 Å². The van der Waals surface area contributed by atoms with E-state index in [1.54, 1.807) is 12.5 Å². The first-order valence-electron chi connectivity index (χ1n) is 13.6. The Bertz CT molecular complexity index is 1500. The number of piperidine rings is 1. The van der Waals surface area contributed by atoms with Crippen molar-refractivity contribution in [3.8, 4) is 17.6 Å². The van der Waals surface area contributed by atoms with Crippen LogP contribution in [-0.2, 0) is 4.74 Å². The van der Waals surface area contributed by atoms with Gasteiger partial charge in [0.25, 0.3) is 0 Å². The fourth-order valence-corrected chi connectivity index (χ4v) is 5.55. The highest BCUT2D eigenvalue weighted by molar-refractivity contribution is 6.35. The zero-order valence-electron chi connectivity index (χ0n) is 21.7. The van der Waals surface area contributed by atoms with Crippen molar-refractivity contribution in [1.82, 2.24) is 9.88 Å². The maximum absolute atomic E-state index is 10.0. The molecule has 9 heteroatoms. The molecule has 0 atom stereocenters. The van der Waals surface area contributed by atoms with E-state index in [0.717, 1.165) is 37.9 Å². The van der Waals surface area contributed by atoms with E-state index in [9.17, 15) is 5.26 Å². The molecule has 202 valence electrons. The van der Waals surface area contributed by atoms with Crippen molar-refractivity contribution in [2.75, 3.05) is 44.8 Å². The molecule has 2 aliphatic rings. The lowest BCUT2D eigenvalue weighted by Gasteiger charge is -2.27. The number of fused-ring (bicyclic) bond motifs is 2. The van der Waals surface area contributed by atoms with Gasteiger partial charge in [0.15, 0.2) is 5.58 Å². The van der Waals surface area contributed by atoms with Gasteiger partial charge in [-0.3, -0.25) is 9.88 Å². The number of rotatable bonds is 8. The van der Waals surface area contributed by atoms with Gasteiger partial charge in [-0.25, -0.2) is 0 Å². The Balaban J connectivity index is 1.39.